The molecule has 120 valence electrons. The molecule has 0 bridgehead atoms. The minimum absolute atomic E-state index is 0.0783. The van der Waals surface area contributed by atoms with Gasteiger partial charge in [-0.05, 0) is 0 Å². The Morgan fingerprint density at radius 3 is 2.50 bits per heavy atom. The first-order valence-electron chi connectivity index (χ1n) is 6.12. The van der Waals surface area contributed by atoms with Crippen LogP contribution in [0, 0.1) is 0 Å². The van der Waals surface area contributed by atoms with Gasteiger partial charge in [0, 0.05) is 0 Å². The molecule has 0 aromatic heterocycles. The lowest BCUT2D eigenvalue weighted by atomic mass is 10.4. The van der Waals surface area contributed by atoms with Crippen molar-refractivity contribution < 1.29 is 37.9 Å². The summed E-state index contributed by atoms with van der Waals surface area (Å²) in [4.78, 5) is 18.8. The highest BCUT2D eigenvalue weighted by Gasteiger charge is 2.25. The van der Waals surface area contributed by atoms with Crippen molar-refractivity contribution in [2.24, 2.45) is 0 Å². The standard InChI is InChI=1S/C11H24NO7P/c1-5-7-16-19-11(9-13)10-18-20(14,15)17-8-6-12(2,3)4/h5,11,13H,1,6-10H2,2-4H3/p+1/t11-/m0/s1. The van der Waals surface area contributed by atoms with Crippen molar-refractivity contribution in [3.05, 3.63) is 12.7 Å². The Labute approximate surface area is 119 Å². The molecule has 2 N–H and O–H groups in total. The maximum absolute atomic E-state index is 11.6. The van der Waals surface area contributed by atoms with E-state index in [0.717, 1.165) is 0 Å². The van der Waals surface area contributed by atoms with Crippen LogP contribution in [-0.4, -0.2) is 74.7 Å². The second-order valence-electron chi connectivity index (χ2n) is 5.09. The fourth-order valence-electron chi connectivity index (χ4n) is 0.939. The largest absolute Gasteiger partial charge is 0.472 e. The Kier molecular flexibility index (Phi) is 9.45. The van der Waals surface area contributed by atoms with E-state index in [1.807, 2.05) is 21.1 Å². The van der Waals surface area contributed by atoms with E-state index in [0.29, 0.717) is 11.0 Å². The van der Waals surface area contributed by atoms with Gasteiger partial charge in [-0.2, -0.15) is 0 Å². The summed E-state index contributed by atoms with van der Waals surface area (Å²) < 4.78 is 21.7. The smallest absolute Gasteiger partial charge is 0.393 e. The zero-order chi connectivity index (χ0) is 15.6. The van der Waals surface area contributed by atoms with Crippen molar-refractivity contribution in [3.8, 4) is 0 Å². The molecule has 0 spiro atoms. The Hall–Kier alpha value is -0.310. The summed E-state index contributed by atoms with van der Waals surface area (Å²) in [6.07, 6.45) is 0.581. The Morgan fingerprint density at radius 2 is 2.00 bits per heavy atom. The van der Waals surface area contributed by atoms with Gasteiger partial charge in [-0.1, -0.05) is 6.08 Å². The van der Waals surface area contributed by atoms with Crippen molar-refractivity contribution in [2.45, 2.75) is 6.10 Å². The SMILES string of the molecule is C=CCOO[C@@H](CO)COP(=O)(O)OCC[N+](C)(C)C. The molecule has 8 nitrogen and oxygen atoms in total. The van der Waals surface area contributed by atoms with Gasteiger partial charge in [0.05, 0.1) is 34.4 Å². The number of aliphatic hydroxyl groups is 1. The van der Waals surface area contributed by atoms with Crippen LogP contribution in [0.15, 0.2) is 12.7 Å². The predicted molar refractivity (Wildman–Crippen MR) is 72.7 cm³/mol. The molecule has 0 aliphatic carbocycles. The monoisotopic (exact) mass is 314 g/mol. The number of aliphatic hydroxyl groups excluding tert-OH is 1. The molecule has 0 rings (SSSR count). The number of likely N-dealkylation sites (N-methyl/N-ethyl adjacent to an activating group) is 1. The quantitative estimate of drug-likeness (QED) is 0.134. The van der Waals surface area contributed by atoms with E-state index < -0.39 is 20.5 Å². The van der Waals surface area contributed by atoms with E-state index in [4.69, 9.17) is 19.0 Å². The first-order chi connectivity index (χ1) is 9.20. The molecule has 0 aliphatic rings. The zero-order valence-electron chi connectivity index (χ0n) is 12.2. The lowest BCUT2D eigenvalue weighted by Gasteiger charge is -2.24. The van der Waals surface area contributed by atoms with Gasteiger partial charge >= 0.3 is 7.82 Å². The van der Waals surface area contributed by atoms with E-state index >= 15 is 0 Å². The highest BCUT2D eigenvalue weighted by molar-refractivity contribution is 7.47. The van der Waals surface area contributed by atoms with Gasteiger partial charge in [0.25, 0.3) is 0 Å². The average Bonchev–Trinajstić information content (AvgIpc) is 2.31. The molecule has 1 unspecified atom stereocenters. The Morgan fingerprint density at radius 1 is 1.35 bits per heavy atom. The van der Waals surface area contributed by atoms with E-state index in [2.05, 4.69) is 11.5 Å². The molecule has 0 aromatic carbocycles. The molecular formula is C11H25NO7P+. The van der Waals surface area contributed by atoms with Gasteiger partial charge in [0.1, 0.15) is 25.9 Å². The first kappa shape index (κ1) is 19.7. The molecule has 0 aromatic rings. The minimum atomic E-state index is -4.16. The summed E-state index contributed by atoms with van der Waals surface area (Å²) in [5.41, 5.74) is 0. The Bertz CT molecular complexity index is 318. The molecule has 0 aliphatic heterocycles. The summed E-state index contributed by atoms with van der Waals surface area (Å²) in [7, 11) is 1.63. The number of hydrogen-bond acceptors (Lipinski definition) is 6. The second kappa shape index (κ2) is 9.59. The third-order valence-corrected chi connectivity index (χ3v) is 3.02. The van der Waals surface area contributed by atoms with Crippen LogP contribution in [-0.2, 0) is 23.4 Å². The van der Waals surface area contributed by atoms with Crippen molar-refractivity contribution in [3.63, 3.8) is 0 Å². The predicted octanol–water partition coefficient (Wildman–Crippen LogP) is 0.321. The molecule has 0 fully saturated rings. The van der Waals surface area contributed by atoms with Crippen LogP contribution in [0.2, 0.25) is 0 Å². The van der Waals surface area contributed by atoms with Crippen molar-refractivity contribution >= 4 is 7.82 Å². The number of phosphoric ester groups is 1. The Balaban J connectivity index is 3.99. The zero-order valence-corrected chi connectivity index (χ0v) is 13.1. The third-order valence-electron chi connectivity index (χ3n) is 2.03. The van der Waals surface area contributed by atoms with Gasteiger partial charge in [-0.25, -0.2) is 14.3 Å². The van der Waals surface area contributed by atoms with Crippen LogP contribution >= 0.6 is 7.82 Å². The van der Waals surface area contributed by atoms with Crippen LogP contribution in [0.1, 0.15) is 0 Å². The number of quaternary nitrogens is 1. The minimum Gasteiger partial charge on any atom is -0.393 e. The molecule has 0 amide bonds. The molecule has 20 heavy (non-hydrogen) atoms. The maximum Gasteiger partial charge on any atom is 0.472 e. The van der Waals surface area contributed by atoms with E-state index in [-0.39, 0.29) is 19.8 Å². The summed E-state index contributed by atoms with van der Waals surface area (Å²) in [6.45, 7) is 3.43. The van der Waals surface area contributed by atoms with Crippen LogP contribution in [0.25, 0.3) is 0 Å². The van der Waals surface area contributed by atoms with Crippen LogP contribution in [0.3, 0.4) is 0 Å². The van der Waals surface area contributed by atoms with Gasteiger partial charge in [-0.3, -0.25) is 9.05 Å². The van der Waals surface area contributed by atoms with Crippen LogP contribution in [0.4, 0.5) is 0 Å². The van der Waals surface area contributed by atoms with E-state index in [1.54, 1.807) is 0 Å². The molecular weight excluding hydrogens is 289 g/mol. The number of hydrogen-bond donors (Lipinski definition) is 2. The summed E-state index contributed by atoms with van der Waals surface area (Å²) >= 11 is 0. The van der Waals surface area contributed by atoms with Crippen LogP contribution in [0.5, 0.6) is 0 Å². The van der Waals surface area contributed by atoms with Crippen molar-refractivity contribution in [2.75, 3.05) is 54.1 Å². The molecule has 0 radical (unpaired) electrons. The number of rotatable bonds is 12. The molecule has 0 heterocycles. The fraction of sp³-hybridized carbons (Fsp3) is 0.818. The van der Waals surface area contributed by atoms with E-state index in [1.165, 1.54) is 6.08 Å². The van der Waals surface area contributed by atoms with Crippen molar-refractivity contribution in [1.29, 1.82) is 0 Å². The first-order valence-corrected chi connectivity index (χ1v) is 7.62. The van der Waals surface area contributed by atoms with Crippen LogP contribution < -0.4 is 0 Å². The lowest BCUT2D eigenvalue weighted by molar-refractivity contribution is -0.870. The maximum atomic E-state index is 11.6. The third kappa shape index (κ3) is 11.5. The van der Waals surface area contributed by atoms with Gasteiger partial charge in [0.15, 0.2) is 0 Å². The molecule has 0 saturated carbocycles. The van der Waals surface area contributed by atoms with Crippen molar-refractivity contribution in [1.82, 2.24) is 0 Å². The summed E-state index contributed by atoms with van der Waals surface area (Å²) in [6, 6.07) is 0. The van der Waals surface area contributed by atoms with Gasteiger partial charge in [0.2, 0.25) is 0 Å². The fourth-order valence-corrected chi connectivity index (χ4v) is 1.68. The highest BCUT2D eigenvalue weighted by atomic mass is 31.2. The highest BCUT2D eigenvalue weighted by Crippen LogP contribution is 2.43. The second-order valence-corrected chi connectivity index (χ2v) is 6.54. The normalized spacial score (nSPS) is 16.6. The molecule has 0 saturated heterocycles. The topological polar surface area (TPSA) is 94.5 Å². The van der Waals surface area contributed by atoms with E-state index in [9.17, 15) is 9.46 Å². The molecule has 9 heteroatoms. The van der Waals surface area contributed by atoms with Gasteiger partial charge in [-0.15, -0.1) is 6.58 Å². The summed E-state index contributed by atoms with van der Waals surface area (Å²) in [5.74, 6) is 0. The van der Waals surface area contributed by atoms with Gasteiger partial charge < -0.3 is 14.5 Å². The number of phosphoric acid groups is 1. The lowest BCUT2D eigenvalue weighted by Crippen LogP contribution is -2.37. The molecule has 2 atom stereocenters. The summed E-state index contributed by atoms with van der Waals surface area (Å²) in [5, 5.41) is 8.98. The average molecular weight is 314 g/mol. The number of nitrogens with zero attached hydrogens (tertiary/aromatic N) is 1.